The quantitative estimate of drug-likeness (QED) is 0.341. The second-order valence-corrected chi connectivity index (χ2v) is 4.19. The van der Waals surface area contributed by atoms with Gasteiger partial charge in [-0.3, -0.25) is 4.79 Å². The number of amidine groups is 1. The van der Waals surface area contributed by atoms with Gasteiger partial charge in [0.25, 0.3) is 5.91 Å². The minimum Gasteiger partial charge on any atom is -0.409 e. The van der Waals surface area contributed by atoms with Gasteiger partial charge in [0.1, 0.15) is 0 Å². The molecule has 0 aromatic heterocycles. The van der Waals surface area contributed by atoms with Gasteiger partial charge in [0.05, 0.1) is 16.6 Å². The van der Waals surface area contributed by atoms with E-state index in [1.165, 1.54) is 12.1 Å². The number of oxime groups is 1. The zero-order valence-electron chi connectivity index (χ0n) is 8.95. The van der Waals surface area contributed by atoms with Crippen LogP contribution >= 0.6 is 23.2 Å². The first-order chi connectivity index (χ1) is 7.95. The molecule has 0 aliphatic carbocycles. The standard InChI is InChI=1S/C10H11Cl2N3O2/c1-5(9(13)15-17)14-10(16)7-4-6(11)2-3-8(7)12/h2-5,17H,1H3,(H2,13,15)(H,14,16). The van der Waals surface area contributed by atoms with Gasteiger partial charge in [0, 0.05) is 5.02 Å². The van der Waals surface area contributed by atoms with Gasteiger partial charge < -0.3 is 16.3 Å². The molecule has 1 atom stereocenters. The molecule has 0 aliphatic rings. The number of rotatable bonds is 3. The summed E-state index contributed by atoms with van der Waals surface area (Å²) in [6.07, 6.45) is 0. The van der Waals surface area contributed by atoms with Crippen LogP contribution < -0.4 is 11.1 Å². The third kappa shape index (κ3) is 3.51. The Hall–Kier alpha value is -1.46. The van der Waals surface area contributed by atoms with Crippen LogP contribution in [0.1, 0.15) is 17.3 Å². The largest absolute Gasteiger partial charge is 0.409 e. The monoisotopic (exact) mass is 275 g/mol. The summed E-state index contributed by atoms with van der Waals surface area (Å²) >= 11 is 11.6. The number of hydrogen-bond acceptors (Lipinski definition) is 3. The number of benzene rings is 1. The number of carbonyl (C=O) groups excluding carboxylic acids is 1. The van der Waals surface area contributed by atoms with Crippen molar-refractivity contribution in [2.24, 2.45) is 10.9 Å². The van der Waals surface area contributed by atoms with Crippen LogP contribution in [0.15, 0.2) is 23.4 Å². The van der Waals surface area contributed by atoms with Gasteiger partial charge in [0.15, 0.2) is 5.84 Å². The predicted octanol–water partition coefficient (Wildman–Crippen LogP) is 1.86. The molecule has 0 spiro atoms. The van der Waals surface area contributed by atoms with Crippen LogP contribution in [0.2, 0.25) is 10.0 Å². The molecule has 0 bridgehead atoms. The van der Waals surface area contributed by atoms with E-state index in [4.69, 9.17) is 34.1 Å². The van der Waals surface area contributed by atoms with Crippen molar-refractivity contribution in [2.75, 3.05) is 0 Å². The minimum absolute atomic E-state index is 0.100. The Labute approximate surface area is 108 Å². The molecule has 1 aromatic carbocycles. The molecule has 0 aliphatic heterocycles. The fourth-order valence-electron chi connectivity index (χ4n) is 1.11. The first-order valence-electron chi connectivity index (χ1n) is 4.69. The van der Waals surface area contributed by atoms with Crippen molar-refractivity contribution in [2.45, 2.75) is 13.0 Å². The van der Waals surface area contributed by atoms with Gasteiger partial charge in [-0.1, -0.05) is 28.4 Å². The minimum atomic E-state index is -0.609. The smallest absolute Gasteiger partial charge is 0.253 e. The first kappa shape index (κ1) is 13.6. The Morgan fingerprint density at radius 2 is 2.18 bits per heavy atom. The molecule has 7 heteroatoms. The van der Waals surface area contributed by atoms with Crippen molar-refractivity contribution >= 4 is 34.9 Å². The summed E-state index contributed by atoms with van der Waals surface area (Å²) in [4.78, 5) is 11.8. The molecule has 0 radical (unpaired) electrons. The average Bonchev–Trinajstić information content (AvgIpc) is 2.30. The molecule has 1 unspecified atom stereocenters. The fraction of sp³-hybridized carbons (Fsp3) is 0.200. The van der Waals surface area contributed by atoms with Crippen LogP contribution in [0.4, 0.5) is 0 Å². The van der Waals surface area contributed by atoms with Crippen LogP contribution in [-0.4, -0.2) is 23.0 Å². The summed E-state index contributed by atoms with van der Waals surface area (Å²) in [5, 5.41) is 14.4. The number of nitrogens with one attached hydrogen (secondary N) is 1. The average molecular weight is 276 g/mol. The highest BCUT2D eigenvalue weighted by Gasteiger charge is 2.15. The second-order valence-electron chi connectivity index (χ2n) is 3.34. The van der Waals surface area contributed by atoms with E-state index in [1.54, 1.807) is 13.0 Å². The molecule has 0 heterocycles. The lowest BCUT2D eigenvalue weighted by molar-refractivity contribution is 0.0949. The summed E-state index contributed by atoms with van der Waals surface area (Å²) in [5.74, 6) is -0.548. The third-order valence-electron chi connectivity index (χ3n) is 2.08. The topological polar surface area (TPSA) is 87.7 Å². The van der Waals surface area contributed by atoms with Crippen molar-refractivity contribution in [1.82, 2.24) is 5.32 Å². The van der Waals surface area contributed by atoms with E-state index in [0.717, 1.165) is 0 Å². The van der Waals surface area contributed by atoms with E-state index >= 15 is 0 Å². The Bertz CT molecular complexity index is 463. The number of nitrogens with two attached hydrogens (primary N) is 1. The molecule has 1 amide bonds. The third-order valence-corrected chi connectivity index (χ3v) is 2.64. The summed E-state index contributed by atoms with van der Waals surface area (Å²) in [5.41, 5.74) is 5.57. The highest BCUT2D eigenvalue weighted by Crippen LogP contribution is 2.20. The normalized spacial score (nSPS) is 13.2. The van der Waals surface area contributed by atoms with Crippen molar-refractivity contribution in [3.05, 3.63) is 33.8 Å². The number of carbonyl (C=O) groups is 1. The van der Waals surface area contributed by atoms with Gasteiger partial charge in [-0.2, -0.15) is 0 Å². The molecule has 0 saturated heterocycles. The second kappa shape index (κ2) is 5.75. The van der Waals surface area contributed by atoms with Crippen LogP contribution in [0, 0.1) is 0 Å². The molecule has 1 aromatic rings. The highest BCUT2D eigenvalue weighted by atomic mass is 35.5. The zero-order valence-corrected chi connectivity index (χ0v) is 10.5. The highest BCUT2D eigenvalue weighted by molar-refractivity contribution is 6.35. The lowest BCUT2D eigenvalue weighted by atomic mass is 10.2. The van der Waals surface area contributed by atoms with Crippen LogP contribution in [-0.2, 0) is 0 Å². The van der Waals surface area contributed by atoms with Gasteiger partial charge in [-0.05, 0) is 25.1 Å². The van der Waals surface area contributed by atoms with Crippen molar-refractivity contribution in [3.8, 4) is 0 Å². The molecular weight excluding hydrogens is 265 g/mol. The summed E-state index contributed by atoms with van der Waals surface area (Å²) in [6, 6.07) is 3.93. The first-order valence-corrected chi connectivity index (χ1v) is 5.44. The molecule has 92 valence electrons. The maximum absolute atomic E-state index is 11.8. The molecule has 0 saturated carbocycles. The van der Waals surface area contributed by atoms with Gasteiger partial charge in [-0.15, -0.1) is 0 Å². The Morgan fingerprint density at radius 1 is 1.53 bits per heavy atom. The lowest BCUT2D eigenvalue weighted by Crippen LogP contribution is -2.42. The van der Waals surface area contributed by atoms with E-state index in [2.05, 4.69) is 10.5 Å². The van der Waals surface area contributed by atoms with E-state index < -0.39 is 11.9 Å². The molecule has 17 heavy (non-hydrogen) atoms. The maximum Gasteiger partial charge on any atom is 0.253 e. The Morgan fingerprint density at radius 3 is 2.76 bits per heavy atom. The van der Waals surface area contributed by atoms with Crippen LogP contribution in [0.5, 0.6) is 0 Å². The predicted molar refractivity (Wildman–Crippen MR) is 66.8 cm³/mol. The SMILES string of the molecule is CC(NC(=O)c1cc(Cl)ccc1Cl)/C(N)=N/O. The van der Waals surface area contributed by atoms with Crippen LogP contribution in [0.25, 0.3) is 0 Å². The lowest BCUT2D eigenvalue weighted by Gasteiger charge is -2.12. The summed E-state index contributed by atoms with van der Waals surface area (Å²) in [7, 11) is 0. The van der Waals surface area contributed by atoms with Crippen LogP contribution in [0.3, 0.4) is 0 Å². The van der Waals surface area contributed by atoms with E-state index in [0.29, 0.717) is 5.02 Å². The fourth-order valence-corrected chi connectivity index (χ4v) is 1.48. The van der Waals surface area contributed by atoms with Gasteiger partial charge in [-0.25, -0.2) is 0 Å². The van der Waals surface area contributed by atoms with Crippen molar-refractivity contribution in [3.63, 3.8) is 0 Å². The Balaban J connectivity index is 2.87. The number of halogens is 2. The van der Waals surface area contributed by atoms with E-state index in [9.17, 15) is 4.79 Å². The molecule has 1 rings (SSSR count). The molecule has 4 N–H and O–H groups in total. The Kier molecular flexibility index (Phi) is 4.60. The molecular formula is C10H11Cl2N3O2. The van der Waals surface area contributed by atoms with Crippen molar-refractivity contribution < 1.29 is 10.0 Å². The number of amides is 1. The van der Waals surface area contributed by atoms with Gasteiger partial charge >= 0.3 is 0 Å². The number of hydrogen-bond donors (Lipinski definition) is 3. The zero-order chi connectivity index (χ0) is 13.0. The van der Waals surface area contributed by atoms with E-state index in [-0.39, 0.29) is 16.4 Å². The maximum atomic E-state index is 11.8. The molecule has 5 nitrogen and oxygen atoms in total. The van der Waals surface area contributed by atoms with Crippen molar-refractivity contribution in [1.29, 1.82) is 0 Å². The summed E-state index contributed by atoms with van der Waals surface area (Å²) < 4.78 is 0. The molecule has 0 fully saturated rings. The summed E-state index contributed by atoms with van der Waals surface area (Å²) in [6.45, 7) is 1.57. The number of nitrogens with zero attached hydrogens (tertiary/aromatic N) is 1. The van der Waals surface area contributed by atoms with E-state index in [1.807, 2.05) is 0 Å². The van der Waals surface area contributed by atoms with Gasteiger partial charge in [0.2, 0.25) is 0 Å².